The highest BCUT2D eigenvalue weighted by molar-refractivity contribution is 6.18. The molecule has 1 amide bonds. The molecular weight excluding hydrogens is 230 g/mol. The van der Waals surface area contributed by atoms with Gasteiger partial charge in [0.2, 0.25) is 0 Å². The minimum Gasteiger partial charge on any atom is -0.389 e. The molecule has 0 aromatic heterocycles. The van der Waals surface area contributed by atoms with Crippen molar-refractivity contribution in [2.24, 2.45) is 0 Å². The van der Waals surface area contributed by atoms with Gasteiger partial charge < -0.3 is 15.5 Å². The number of carbonyl (C=O) groups is 1. The van der Waals surface area contributed by atoms with Crippen molar-refractivity contribution < 1.29 is 15.0 Å². The van der Waals surface area contributed by atoms with Gasteiger partial charge in [-0.25, -0.2) is 0 Å². The summed E-state index contributed by atoms with van der Waals surface area (Å²) in [7, 11) is 1.54. The van der Waals surface area contributed by atoms with Crippen LogP contribution in [0.3, 0.4) is 0 Å². The molecule has 5 heteroatoms. The van der Waals surface area contributed by atoms with Crippen molar-refractivity contribution in [2.75, 3.05) is 12.9 Å². The number of rotatable bonds is 4. The zero-order chi connectivity index (χ0) is 12.1. The van der Waals surface area contributed by atoms with Gasteiger partial charge in [-0.05, 0) is 17.7 Å². The van der Waals surface area contributed by atoms with E-state index in [2.05, 4.69) is 5.32 Å². The van der Waals surface area contributed by atoms with Crippen LogP contribution in [0.1, 0.15) is 22.0 Å². The average Bonchev–Trinajstić information content (AvgIpc) is 2.36. The summed E-state index contributed by atoms with van der Waals surface area (Å²) < 4.78 is 0. The van der Waals surface area contributed by atoms with Crippen molar-refractivity contribution in [3.63, 3.8) is 0 Å². The fraction of sp³-hybridized carbons (Fsp3) is 0.364. The number of aliphatic hydroxyl groups excluding tert-OH is 2. The maximum Gasteiger partial charge on any atom is 0.251 e. The largest absolute Gasteiger partial charge is 0.389 e. The summed E-state index contributed by atoms with van der Waals surface area (Å²) in [5.74, 6) is -0.239. The third-order valence-electron chi connectivity index (χ3n) is 2.26. The van der Waals surface area contributed by atoms with Crippen LogP contribution in [0, 0.1) is 0 Å². The van der Waals surface area contributed by atoms with E-state index in [1.54, 1.807) is 31.3 Å². The Morgan fingerprint density at radius 3 is 2.38 bits per heavy atom. The molecule has 1 rings (SSSR count). The molecule has 0 spiro atoms. The first-order valence-electron chi connectivity index (χ1n) is 4.84. The molecule has 88 valence electrons. The molecule has 0 radical (unpaired) electrons. The number of aliphatic hydroxyl groups is 2. The molecule has 0 heterocycles. The second-order valence-electron chi connectivity index (χ2n) is 3.37. The topological polar surface area (TPSA) is 69.6 Å². The second kappa shape index (κ2) is 5.84. The normalized spacial score (nSPS) is 14.2. The number of nitrogens with one attached hydrogen (secondary N) is 1. The molecule has 4 nitrogen and oxygen atoms in total. The zero-order valence-corrected chi connectivity index (χ0v) is 9.61. The average molecular weight is 244 g/mol. The zero-order valence-electron chi connectivity index (χ0n) is 8.85. The van der Waals surface area contributed by atoms with Gasteiger partial charge in [-0.1, -0.05) is 12.1 Å². The van der Waals surface area contributed by atoms with Gasteiger partial charge in [0.15, 0.2) is 0 Å². The van der Waals surface area contributed by atoms with E-state index in [1.165, 1.54) is 0 Å². The lowest BCUT2D eigenvalue weighted by Gasteiger charge is -2.15. The first-order chi connectivity index (χ1) is 7.60. The molecule has 16 heavy (non-hydrogen) atoms. The van der Waals surface area contributed by atoms with E-state index in [-0.39, 0.29) is 11.8 Å². The molecule has 0 aliphatic heterocycles. The minimum absolute atomic E-state index is 0.0433. The van der Waals surface area contributed by atoms with Gasteiger partial charge in [-0.15, -0.1) is 11.6 Å². The standard InChI is InChI=1S/C11H14ClNO3/c1-13-11(16)8-4-2-7(3-5-8)10(15)9(14)6-12/h2-5,9-10,14-15H,6H2,1H3,(H,13,16). The van der Waals surface area contributed by atoms with Crippen LogP contribution >= 0.6 is 11.6 Å². The fourth-order valence-electron chi connectivity index (χ4n) is 1.28. The van der Waals surface area contributed by atoms with Gasteiger partial charge in [0, 0.05) is 12.6 Å². The van der Waals surface area contributed by atoms with Gasteiger partial charge in [0.05, 0.1) is 12.0 Å². The van der Waals surface area contributed by atoms with E-state index >= 15 is 0 Å². The Morgan fingerprint density at radius 2 is 1.94 bits per heavy atom. The molecule has 0 fully saturated rings. The van der Waals surface area contributed by atoms with Gasteiger partial charge in [0.25, 0.3) is 5.91 Å². The number of hydrogen-bond donors (Lipinski definition) is 3. The molecule has 0 saturated heterocycles. The van der Waals surface area contributed by atoms with Gasteiger partial charge in [0.1, 0.15) is 6.10 Å². The van der Waals surface area contributed by atoms with Crippen LogP contribution in [0.4, 0.5) is 0 Å². The van der Waals surface area contributed by atoms with Crippen molar-refractivity contribution in [3.05, 3.63) is 35.4 Å². The lowest BCUT2D eigenvalue weighted by molar-refractivity contribution is 0.0327. The van der Waals surface area contributed by atoms with Crippen molar-refractivity contribution >= 4 is 17.5 Å². The van der Waals surface area contributed by atoms with Crippen molar-refractivity contribution in [1.29, 1.82) is 0 Å². The van der Waals surface area contributed by atoms with E-state index in [9.17, 15) is 15.0 Å². The third kappa shape index (κ3) is 2.95. The van der Waals surface area contributed by atoms with Gasteiger partial charge >= 0.3 is 0 Å². The first kappa shape index (κ1) is 13.0. The summed E-state index contributed by atoms with van der Waals surface area (Å²) in [4.78, 5) is 11.2. The molecule has 0 aliphatic rings. The van der Waals surface area contributed by atoms with Crippen LogP contribution in [0.2, 0.25) is 0 Å². The molecule has 2 atom stereocenters. The minimum atomic E-state index is -1.03. The highest BCUT2D eigenvalue weighted by Gasteiger charge is 2.17. The Hall–Kier alpha value is -1.10. The monoisotopic (exact) mass is 243 g/mol. The van der Waals surface area contributed by atoms with Crippen LogP contribution in [0.5, 0.6) is 0 Å². The number of benzene rings is 1. The highest BCUT2D eigenvalue weighted by Crippen LogP contribution is 2.18. The van der Waals surface area contributed by atoms with Crippen LogP contribution in [0.25, 0.3) is 0 Å². The lowest BCUT2D eigenvalue weighted by Crippen LogP contribution is -2.20. The first-order valence-corrected chi connectivity index (χ1v) is 5.37. The number of hydrogen-bond acceptors (Lipinski definition) is 3. The van der Waals surface area contributed by atoms with E-state index in [0.29, 0.717) is 11.1 Å². The van der Waals surface area contributed by atoms with E-state index in [1.807, 2.05) is 0 Å². The van der Waals surface area contributed by atoms with Crippen LogP contribution in [0.15, 0.2) is 24.3 Å². The van der Waals surface area contributed by atoms with E-state index in [0.717, 1.165) is 0 Å². The molecule has 3 N–H and O–H groups in total. The molecule has 2 unspecified atom stereocenters. The van der Waals surface area contributed by atoms with Gasteiger partial charge in [-0.3, -0.25) is 4.79 Å². The van der Waals surface area contributed by atoms with E-state index < -0.39 is 12.2 Å². The van der Waals surface area contributed by atoms with Crippen LogP contribution in [-0.4, -0.2) is 35.2 Å². The molecule has 0 aliphatic carbocycles. The van der Waals surface area contributed by atoms with Crippen LogP contribution in [-0.2, 0) is 0 Å². The Kier molecular flexibility index (Phi) is 4.73. The van der Waals surface area contributed by atoms with Crippen molar-refractivity contribution in [1.82, 2.24) is 5.32 Å². The SMILES string of the molecule is CNC(=O)c1ccc(C(O)C(O)CCl)cc1. The fourth-order valence-corrected chi connectivity index (χ4v) is 1.45. The van der Waals surface area contributed by atoms with Crippen molar-refractivity contribution in [2.45, 2.75) is 12.2 Å². The molecule has 1 aromatic rings. The maximum atomic E-state index is 11.2. The Morgan fingerprint density at radius 1 is 1.38 bits per heavy atom. The van der Waals surface area contributed by atoms with E-state index in [4.69, 9.17) is 11.6 Å². The van der Waals surface area contributed by atoms with Gasteiger partial charge in [-0.2, -0.15) is 0 Å². The lowest BCUT2D eigenvalue weighted by atomic mass is 10.0. The summed E-state index contributed by atoms with van der Waals surface area (Å²) in [5.41, 5.74) is 1.03. The Balaban J connectivity index is 2.82. The Labute approximate surface area is 98.9 Å². The summed E-state index contributed by atoms with van der Waals surface area (Å²) in [6.07, 6.45) is -2.04. The Bertz CT molecular complexity index is 353. The smallest absolute Gasteiger partial charge is 0.251 e. The quantitative estimate of drug-likeness (QED) is 0.681. The van der Waals surface area contributed by atoms with Crippen LogP contribution < -0.4 is 5.32 Å². The third-order valence-corrected chi connectivity index (χ3v) is 2.58. The number of halogens is 1. The summed E-state index contributed by atoms with van der Waals surface area (Å²) in [6.45, 7) is 0. The maximum absolute atomic E-state index is 11.2. The summed E-state index contributed by atoms with van der Waals surface area (Å²) in [5, 5.41) is 21.5. The number of amides is 1. The number of carbonyl (C=O) groups excluding carboxylic acids is 1. The molecule has 0 saturated carbocycles. The predicted molar refractivity (Wildman–Crippen MR) is 61.5 cm³/mol. The summed E-state index contributed by atoms with van der Waals surface area (Å²) >= 11 is 5.43. The van der Waals surface area contributed by atoms with Crippen molar-refractivity contribution in [3.8, 4) is 0 Å². The number of alkyl halides is 1. The summed E-state index contributed by atoms with van der Waals surface area (Å²) in [6, 6.07) is 6.34. The highest BCUT2D eigenvalue weighted by atomic mass is 35.5. The second-order valence-corrected chi connectivity index (χ2v) is 3.68. The predicted octanol–water partition coefficient (Wildman–Crippen LogP) is 0.679. The molecule has 0 bridgehead atoms. The molecular formula is C11H14ClNO3. The molecule has 1 aromatic carbocycles.